The SMILES string of the molecule is O=S(=O)(c1ccc(C2CCCCC2)cc1)N(CCCN1CCOCC1)Cc1cccs1. The van der Waals surface area contributed by atoms with Gasteiger partial charge < -0.3 is 4.74 Å². The van der Waals surface area contributed by atoms with Crippen molar-refractivity contribution in [2.75, 3.05) is 39.4 Å². The zero-order chi connectivity index (χ0) is 21.5. The van der Waals surface area contributed by atoms with Gasteiger partial charge in [-0.1, -0.05) is 37.5 Å². The van der Waals surface area contributed by atoms with Crippen LogP contribution in [-0.4, -0.2) is 57.0 Å². The van der Waals surface area contributed by atoms with Crippen molar-refractivity contribution < 1.29 is 13.2 Å². The van der Waals surface area contributed by atoms with Crippen LogP contribution in [0.1, 0.15) is 54.9 Å². The fourth-order valence-electron chi connectivity index (χ4n) is 4.65. The number of thiophene rings is 1. The molecule has 2 aliphatic rings. The number of rotatable bonds is 9. The molecule has 0 unspecified atom stereocenters. The van der Waals surface area contributed by atoms with Crippen molar-refractivity contribution in [1.82, 2.24) is 9.21 Å². The number of benzene rings is 1. The van der Waals surface area contributed by atoms with Crippen molar-refractivity contribution >= 4 is 21.4 Å². The molecule has 1 saturated heterocycles. The molecule has 0 spiro atoms. The van der Waals surface area contributed by atoms with Gasteiger partial charge in [0.25, 0.3) is 0 Å². The lowest BCUT2D eigenvalue weighted by Crippen LogP contribution is -2.39. The van der Waals surface area contributed by atoms with Crippen LogP contribution in [0.4, 0.5) is 0 Å². The van der Waals surface area contributed by atoms with Gasteiger partial charge in [0, 0.05) is 31.1 Å². The average Bonchev–Trinajstić information content (AvgIpc) is 3.33. The third-order valence-electron chi connectivity index (χ3n) is 6.49. The average molecular weight is 463 g/mol. The van der Waals surface area contributed by atoms with E-state index in [0.717, 1.165) is 44.1 Å². The lowest BCUT2D eigenvalue weighted by molar-refractivity contribution is 0.0368. The Morgan fingerprint density at radius 3 is 2.45 bits per heavy atom. The van der Waals surface area contributed by atoms with Crippen LogP contribution in [0.25, 0.3) is 0 Å². The number of morpholine rings is 1. The highest BCUT2D eigenvalue weighted by Gasteiger charge is 2.26. The molecule has 5 nitrogen and oxygen atoms in total. The predicted molar refractivity (Wildman–Crippen MR) is 126 cm³/mol. The lowest BCUT2D eigenvalue weighted by Gasteiger charge is -2.28. The van der Waals surface area contributed by atoms with Crippen molar-refractivity contribution in [3.05, 3.63) is 52.2 Å². The lowest BCUT2D eigenvalue weighted by atomic mass is 9.84. The summed E-state index contributed by atoms with van der Waals surface area (Å²) in [6.45, 7) is 5.27. The van der Waals surface area contributed by atoms with E-state index in [1.807, 2.05) is 41.8 Å². The van der Waals surface area contributed by atoms with Gasteiger partial charge in [-0.15, -0.1) is 11.3 Å². The molecule has 2 heterocycles. The first-order valence-electron chi connectivity index (χ1n) is 11.6. The molecule has 1 aliphatic carbocycles. The maximum atomic E-state index is 13.5. The summed E-state index contributed by atoms with van der Waals surface area (Å²) >= 11 is 1.61. The van der Waals surface area contributed by atoms with E-state index in [4.69, 9.17) is 4.74 Å². The van der Waals surface area contributed by atoms with Crippen LogP contribution in [0.3, 0.4) is 0 Å². The molecule has 2 aromatic rings. The number of hydrogen-bond acceptors (Lipinski definition) is 5. The van der Waals surface area contributed by atoms with Gasteiger partial charge in [0.05, 0.1) is 18.1 Å². The van der Waals surface area contributed by atoms with E-state index in [9.17, 15) is 8.42 Å². The van der Waals surface area contributed by atoms with Crippen molar-refractivity contribution in [3.63, 3.8) is 0 Å². The zero-order valence-electron chi connectivity index (χ0n) is 18.2. The summed E-state index contributed by atoms with van der Waals surface area (Å²) in [6, 6.07) is 11.7. The van der Waals surface area contributed by atoms with Crippen LogP contribution >= 0.6 is 11.3 Å². The molecule has 0 amide bonds. The van der Waals surface area contributed by atoms with Gasteiger partial charge in [-0.25, -0.2) is 8.42 Å². The molecule has 1 aliphatic heterocycles. The molecule has 0 radical (unpaired) electrons. The maximum Gasteiger partial charge on any atom is 0.243 e. The van der Waals surface area contributed by atoms with Gasteiger partial charge in [0.15, 0.2) is 0 Å². The van der Waals surface area contributed by atoms with Gasteiger partial charge in [0.2, 0.25) is 10.0 Å². The summed E-state index contributed by atoms with van der Waals surface area (Å²) in [5, 5.41) is 2.01. The monoisotopic (exact) mass is 462 g/mol. The summed E-state index contributed by atoms with van der Waals surface area (Å²) in [7, 11) is -3.53. The summed E-state index contributed by atoms with van der Waals surface area (Å²) in [4.78, 5) is 3.85. The first-order chi connectivity index (χ1) is 15.1. The van der Waals surface area contributed by atoms with E-state index in [-0.39, 0.29) is 0 Å². The van der Waals surface area contributed by atoms with E-state index < -0.39 is 10.0 Å². The van der Waals surface area contributed by atoms with Crippen LogP contribution in [-0.2, 0) is 21.3 Å². The molecular weight excluding hydrogens is 428 g/mol. The van der Waals surface area contributed by atoms with Crippen molar-refractivity contribution in [3.8, 4) is 0 Å². The molecule has 1 aromatic heterocycles. The molecule has 170 valence electrons. The van der Waals surface area contributed by atoms with Crippen LogP contribution in [0, 0.1) is 0 Å². The molecule has 7 heteroatoms. The highest BCUT2D eigenvalue weighted by Crippen LogP contribution is 2.33. The second-order valence-corrected chi connectivity index (χ2v) is 11.6. The van der Waals surface area contributed by atoms with E-state index >= 15 is 0 Å². The summed E-state index contributed by atoms with van der Waals surface area (Å²) in [5.74, 6) is 0.584. The fourth-order valence-corrected chi connectivity index (χ4v) is 6.91. The Bertz CT molecular complexity index is 885. The molecule has 0 bridgehead atoms. The van der Waals surface area contributed by atoms with Crippen LogP contribution in [0.15, 0.2) is 46.7 Å². The minimum atomic E-state index is -3.53. The molecule has 31 heavy (non-hydrogen) atoms. The maximum absolute atomic E-state index is 13.5. The zero-order valence-corrected chi connectivity index (χ0v) is 19.9. The van der Waals surface area contributed by atoms with Crippen molar-refractivity contribution in [1.29, 1.82) is 0 Å². The second kappa shape index (κ2) is 11.1. The number of hydrogen-bond donors (Lipinski definition) is 0. The van der Waals surface area contributed by atoms with E-state index in [2.05, 4.69) is 4.90 Å². The molecule has 1 aromatic carbocycles. The molecule has 4 rings (SSSR count). The molecule has 0 atom stereocenters. The van der Waals surface area contributed by atoms with Crippen molar-refractivity contribution in [2.24, 2.45) is 0 Å². The third kappa shape index (κ3) is 6.17. The second-order valence-electron chi connectivity index (χ2n) is 8.63. The van der Waals surface area contributed by atoms with Gasteiger partial charge in [0.1, 0.15) is 0 Å². The minimum Gasteiger partial charge on any atom is -0.379 e. The van der Waals surface area contributed by atoms with Gasteiger partial charge in [-0.05, 0) is 60.9 Å². The number of ether oxygens (including phenoxy) is 1. The number of sulfonamides is 1. The minimum absolute atomic E-state index is 0.412. The Balaban J connectivity index is 1.45. The standard InChI is InChI=1S/C24H34N2O3S2/c27-31(28,24-11-9-22(10-12-24)21-6-2-1-3-7-21)26(20-23-8-4-19-30-23)14-5-13-25-15-17-29-18-16-25/h4,8-12,19,21H,1-3,5-7,13-18,20H2. The Morgan fingerprint density at radius 2 is 1.77 bits per heavy atom. The third-order valence-corrected chi connectivity index (χ3v) is 9.21. The normalized spacial score (nSPS) is 19.1. The van der Waals surface area contributed by atoms with Crippen LogP contribution in [0.5, 0.6) is 0 Å². The molecule has 0 N–H and O–H groups in total. The fraction of sp³-hybridized carbons (Fsp3) is 0.583. The van der Waals surface area contributed by atoms with E-state index in [0.29, 0.717) is 23.9 Å². The molecular formula is C24H34N2O3S2. The summed E-state index contributed by atoms with van der Waals surface area (Å²) in [6.07, 6.45) is 7.15. The first kappa shape index (κ1) is 22.9. The predicted octanol–water partition coefficient (Wildman–Crippen LogP) is 4.71. The quantitative estimate of drug-likeness (QED) is 0.542. The smallest absolute Gasteiger partial charge is 0.243 e. The number of nitrogens with zero attached hydrogens (tertiary/aromatic N) is 2. The Morgan fingerprint density at radius 1 is 1.03 bits per heavy atom. The van der Waals surface area contributed by atoms with E-state index in [1.54, 1.807) is 15.6 Å². The van der Waals surface area contributed by atoms with Crippen molar-refractivity contribution in [2.45, 2.75) is 55.9 Å². The first-order valence-corrected chi connectivity index (χ1v) is 13.9. The van der Waals surface area contributed by atoms with Crippen LogP contribution in [0.2, 0.25) is 0 Å². The molecule has 2 fully saturated rings. The highest BCUT2D eigenvalue weighted by atomic mass is 32.2. The molecule has 1 saturated carbocycles. The highest BCUT2D eigenvalue weighted by molar-refractivity contribution is 7.89. The van der Waals surface area contributed by atoms with Crippen LogP contribution < -0.4 is 0 Å². The summed E-state index contributed by atoms with van der Waals surface area (Å²) in [5.41, 5.74) is 1.29. The Kier molecular flexibility index (Phi) is 8.18. The Labute approximate surface area is 191 Å². The van der Waals surface area contributed by atoms with E-state index in [1.165, 1.54) is 37.7 Å². The van der Waals surface area contributed by atoms with Gasteiger partial charge >= 0.3 is 0 Å². The van der Waals surface area contributed by atoms with Gasteiger partial charge in [-0.3, -0.25) is 4.90 Å². The van der Waals surface area contributed by atoms with Gasteiger partial charge in [-0.2, -0.15) is 4.31 Å². The Hall–Kier alpha value is -1.25. The summed E-state index contributed by atoms with van der Waals surface area (Å²) < 4.78 is 34.1. The topological polar surface area (TPSA) is 49.9 Å². The largest absolute Gasteiger partial charge is 0.379 e.